The first kappa shape index (κ1) is 23.3. The molecule has 170 valence electrons. The minimum absolute atomic E-state index is 0.301. The van der Waals surface area contributed by atoms with Gasteiger partial charge in [0.1, 0.15) is 5.75 Å². The van der Waals surface area contributed by atoms with Crippen molar-refractivity contribution in [2.45, 2.75) is 6.42 Å². The smallest absolute Gasteiger partial charge is 0.257 e. The van der Waals surface area contributed by atoms with Crippen molar-refractivity contribution in [1.82, 2.24) is 0 Å². The van der Waals surface area contributed by atoms with Gasteiger partial charge in [0.05, 0.1) is 22.3 Å². The molecule has 0 fully saturated rings. The Hall–Kier alpha value is -3.90. The van der Waals surface area contributed by atoms with Gasteiger partial charge in [-0.25, -0.2) is 0 Å². The topological polar surface area (TPSA) is 67.4 Å². The Morgan fingerprint density at radius 3 is 2.15 bits per heavy atom. The van der Waals surface area contributed by atoms with Crippen LogP contribution >= 0.6 is 15.9 Å². The number of para-hydroxylation sites is 2. The predicted molar refractivity (Wildman–Crippen MR) is 139 cm³/mol. The first-order valence-corrected chi connectivity index (χ1v) is 11.6. The number of benzene rings is 4. The Balaban J connectivity index is 1.41. The molecule has 0 radical (unpaired) electrons. The lowest BCUT2D eigenvalue weighted by Crippen LogP contribution is -2.18. The van der Waals surface area contributed by atoms with Gasteiger partial charge < -0.3 is 15.4 Å². The molecule has 5 nitrogen and oxygen atoms in total. The number of carbonyl (C=O) groups is 2. The molecule has 4 aromatic carbocycles. The van der Waals surface area contributed by atoms with E-state index in [2.05, 4.69) is 38.7 Å². The third-order valence-corrected chi connectivity index (χ3v) is 5.76. The number of hydrogen-bond acceptors (Lipinski definition) is 3. The Morgan fingerprint density at radius 2 is 1.41 bits per heavy atom. The average molecular weight is 515 g/mol. The van der Waals surface area contributed by atoms with E-state index in [-0.39, 0.29) is 11.8 Å². The van der Waals surface area contributed by atoms with Gasteiger partial charge in [0, 0.05) is 17.7 Å². The second kappa shape index (κ2) is 11.3. The maximum absolute atomic E-state index is 12.9. The molecule has 34 heavy (non-hydrogen) atoms. The Morgan fingerprint density at radius 1 is 0.735 bits per heavy atom. The predicted octanol–water partition coefficient (Wildman–Crippen LogP) is 6.58. The Kier molecular flexibility index (Phi) is 7.73. The van der Waals surface area contributed by atoms with Crippen molar-refractivity contribution in [3.05, 3.63) is 124 Å². The Bertz CT molecular complexity index is 1280. The summed E-state index contributed by atoms with van der Waals surface area (Å²) in [6, 6.07) is 31.4. The summed E-state index contributed by atoms with van der Waals surface area (Å²) in [4.78, 5) is 25.7. The van der Waals surface area contributed by atoms with Crippen LogP contribution in [0.25, 0.3) is 0 Å². The average Bonchev–Trinajstić information content (AvgIpc) is 2.86. The number of carbonyl (C=O) groups excluding carboxylic acids is 2. The molecule has 6 heteroatoms. The summed E-state index contributed by atoms with van der Waals surface area (Å²) in [6.45, 7) is 0.526. The van der Waals surface area contributed by atoms with E-state index in [0.717, 1.165) is 6.42 Å². The van der Waals surface area contributed by atoms with Crippen LogP contribution in [0.3, 0.4) is 0 Å². The summed E-state index contributed by atoms with van der Waals surface area (Å²) in [5, 5.41) is 5.69. The molecule has 2 amide bonds. The molecule has 2 N–H and O–H groups in total. The van der Waals surface area contributed by atoms with Gasteiger partial charge in [-0.15, -0.1) is 0 Å². The monoisotopic (exact) mass is 514 g/mol. The van der Waals surface area contributed by atoms with E-state index < -0.39 is 0 Å². The van der Waals surface area contributed by atoms with E-state index in [1.807, 2.05) is 36.4 Å². The normalized spacial score (nSPS) is 10.4. The van der Waals surface area contributed by atoms with Gasteiger partial charge in [0.2, 0.25) is 0 Å². The molecule has 0 saturated heterocycles. The van der Waals surface area contributed by atoms with Crippen molar-refractivity contribution in [1.29, 1.82) is 0 Å². The summed E-state index contributed by atoms with van der Waals surface area (Å²) in [5.74, 6) is 0.0389. The highest BCUT2D eigenvalue weighted by atomic mass is 79.9. The molecule has 0 spiro atoms. The van der Waals surface area contributed by atoms with Gasteiger partial charge in [-0.3, -0.25) is 9.59 Å². The standard InChI is InChI=1S/C28H23BrN2O3/c29-24-19-21(15-16-26(24)34-18-17-20-9-3-1-4-10-20)27(32)31-25-14-8-7-13-23(25)28(33)30-22-11-5-2-6-12-22/h1-16,19H,17-18H2,(H,30,33)(H,31,32). The van der Waals surface area contributed by atoms with E-state index in [0.29, 0.717) is 39.3 Å². The third kappa shape index (κ3) is 6.11. The number of hydrogen-bond donors (Lipinski definition) is 2. The zero-order chi connectivity index (χ0) is 23.8. The fourth-order valence-corrected chi connectivity index (χ4v) is 3.88. The second-order valence-corrected chi connectivity index (χ2v) is 8.40. The summed E-state index contributed by atoms with van der Waals surface area (Å²) in [6.07, 6.45) is 0.789. The maximum Gasteiger partial charge on any atom is 0.257 e. The highest BCUT2D eigenvalue weighted by Gasteiger charge is 2.15. The third-order valence-electron chi connectivity index (χ3n) is 5.14. The van der Waals surface area contributed by atoms with Crippen molar-refractivity contribution < 1.29 is 14.3 Å². The van der Waals surface area contributed by atoms with Gasteiger partial charge in [0.25, 0.3) is 11.8 Å². The van der Waals surface area contributed by atoms with Gasteiger partial charge >= 0.3 is 0 Å². The van der Waals surface area contributed by atoms with Crippen LogP contribution in [0.2, 0.25) is 0 Å². The fraction of sp³-hybridized carbons (Fsp3) is 0.0714. The van der Waals surface area contributed by atoms with Crippen molar-refractivity contribution in [2.24, 2.45) is 0 Å². The quantitative estimate of drug-likeness (QED) is 0.279. The van der Waals surface area contributed by atoms with Crippen molar-refractivity contribution in [3.8, 4) is 5.75 Å². The van der Waals surface area contributed by atoms with Crippen molar-refractivity contribution in [2.75, 3.05) is 17.2 Å². The van der Waals surface area contributed by atoms with Crippen LogP contribution in [0, 0.1) is 0 Å². The van der Waals surface area contributed by atoms with Gasteiger partial charge in [0.15, 0.2) is 0 Å². The van der Waals surface area contributed by atoms with E-state index in [4.69, 9.17) is 4.74 Å². The lowest BCUT2D eigenvalue weighted by molar-refractivity contribution is 0.102. The van der Waals surface area contributed by atoms with Gasteiger partial charge in [-0.1, -0.05) is 60.7 Å². The zero-order valence-corrected chi connectivity index (χ0v) is 19.9. The SMILES string of the molecule is O=C(Nc1ccccc1C(=O)Nc1ccccc1)c1ccc(OCCc2ccccc2)c(Br)c1. The molecule has 0 bridgehead atoms. The van der Waals surface area contributed by atoms with E-state index in [1.165, 1.54) is 5.56 Å². The zero-order valence-electron chi connectivity index (χ0n) is 18.3. The maximum atomic E-state index is 12.9. The number of nitrogens with one attached hydrogen (secondary N) is 2. The molecule has 0 unspecified atom stereocenters. The highest BCUT2D eigenvalue weighted by Crippen LogP contribution is 2.27. The van der Waals surface area contributed by atoms with Crippen LogP contribution in [0.4, 0.5) is 11.4 Å². The number of rotatable bonds is 8. The second-order valence-electron chi connectivity index (χ2n) is 7.55. The molecule has 0 aliphatic carbocycles. The van der Waals surface area contributed by atoms with Crippen LogP contribution in [-0.4, -0.2) is 18.4 Å². The minimum Gasteiger partial charge on any atom is -0.492 e. The molecule has 4 aromatic rings. The summed E-state index contributed by atoms with van der Waals surface area (Å²) in [5.41, 5.74) is 3.13. The number of ether oxygens (including phenoxy) is 1. The molecule has 0 saturated carbocycles. The van der Waals surface area contributed by atoms with Crippen LogP contribution in [0.1, 0.15) is 26.3 Å². The van der Waals surface area contributed by atoms with Crippen molar-refractivity contribution in [3.63, 3.8) is 0 Å². The van der Waals surface area contributed by atoms with E-state index in [1.54, 1.807) is 54.6 Å². The summed E-state index contributed by atoms with van der Waals surface area (Å²) in [7, 11) is 0. The van der Waals surface area contributed by atoms with E-state index in [9.17, 15) is 9.59 Å². The van der Waals surface area contributed by atoms with Crippen molar-refractivity contribution >= 4 is 39.1 Å². The van der Waals surface area contributed by atoms with E-state index >= 15 is 0 Å². The number of anilines is 2. The van der Waals surface area contributed by atoms with Crippen LogP contribution in [-0.2, 0) is 6.42 Å². The van der Waals surface area contributed by atoms with Crippen LogP contribution < -0.4 is 15.4 Å². The first-order chi connectivity index (χ1) is 16.6. The van der Waals surface area contributed by atoms with Gasteiger partial charge in [-0.2, -0.15) is 0 Å². The largest absolute Gasteiger partial charge is 0.492 e. The lowest BCUT2D eigenvalue weighted by atomic mass is 10.1. The fourth-order valence-electron chi connectivity index (χ4n) is 3.39. The minimum atomic E-state index is -0.323. The first-order valence-electron chi connectivity index (χ1n) is 10.8. The molecular weight excluding hydrogens is 492 g/mol. The number of halogens is 1. The molecule has 0 aliphatic heterocycles. The van der Waals surface area contributed by atoms with Gasteiger partial charge in [-0.05, 0) is 64.0 Å². The molecular formula is C28H23BrN2O3. The highest BCUT2D eigenvalue weighted by molar-refractivity contribution is 9.10. The summed E-state index contributed by atoms with van der Waals surface area (Å²) >= 11 is 3.49. The number of amides is 2. The van der Waals surface area contributed by atoms with Crippen LogP contribution in [0.15, 0.2) is 108 Å². The van der Waals surface area contributed by atoms with Crippen LogP contribution in [0.5, 0.6) is 5.75 Å². The molecule has 4 rings (SSSR count). The molecule has 0 atom stereocenters. The molecule has 0 aliphatic rings. The Labute approximate surface area is 206 Å². The summed E-state index contributed by atoms with van der Waals surface area (Å²) < 4.78 is 6.55. The molecule has 0 heterocycles. The lowest BCUT2D eigenvalue weighted by Gasteiger charge is -2.13. The molecule has 0 aromatic heterocycles.